The van der Waals surface area contributed by atoms with E-state index in [2.05, 4.69) is 10.2 Å². The fraction of sp³-hybridized carbons (Fsp3) is 0.375. The average molecular weight is 436 g/mol. The molecule has 0 aromatic heterocycles. The van der Waals surface area contributed by atoms with E-state index >= 15 is 0 Å². The van der Waals surface area contributed by atoms with Gasteiger partial charge in [0.05, 0.1) is 28.2 Å². The summed E-state index contributed by atoms with van der Waals surface area (Å²) < 4.78 is 0. The minimum Gasteiger partial charge on any atom is -0.323 e. The smallest absolute Gasteiger partial charge is 0.250 e. The van der Waals surface area contributed by atoms with Crippen LogP contribution in [-0.4, -0.2) is 35.2 Å². The Morgan fingerprint density at radius 3 is 2.65 bits per heavy atom. The predicted octanol–water partition coefficient (Wildman–Crippen LogP) is 3.39. The molecule has 0 aliphatic carbocycles. The Kier molecular flexibility index (Phi) is 3.79. The number of anilines is 2. The van der Waals surface area contributed by atoms with Gasteiger partial charge in [-0.25, -0.2) is 4.90 Å². The first-order chi connectivity index (χ1) is 14.9. The fourth-order valence-electron chi connectivity index (χ4n) is 6.45. The monoisotopic (exact) mass is 435 g/mol. The van der Waals surface area contributed by atoms with Gasteiger partial charge < -0.3 is 5.32 Å². The van der Waals surface area contributed by atoms with Crippen molar-refractivity contribution in [2.75, 3.05) is 16.8 Å². The van der Waals surface area contributed by atoms with Crippen molar-refractivity contribution in [1.82, 2.24) is 4.90 Å². The van der Waals surface area contributed by atoms with Gasteiger partial charge in [-0.05, 0) is 56.5 Å². The van der Waals surface area contributed by atoms with Crippen molar-refractivity contribution in [2.24, 2.45) is 11.8 Å². The third-order valence-electron chi connectivity index (χ3n) is 7.55. The van der Waals surface area contributed by atoms with Crippen LogP contribution in [0.4, 0.5) is 11.4 Å². The molecule has 7 heteroatoms. The molecular weight excluding hydrogens is 414 g/mol. The van der Waals surface area contributed by atoms with Gasteiger partial charge in [0.1, 0.15) is 5.54 Å². The average Bonchev–Trinajstić information content (AvgIpc) is 3.42. The van der Waals surface area contributed by atoms with Crippen molar-refractivity contribution < 1.29 is 14.4 Å². The molecule has 0 radical (unpaired) electrons. The van der Waals surface area contributed by atoms with Crippen molar-refractivity contribution in [3.63, 3.8) is 0 Å². The third-order valence-corrected chi connectivity index (χ3v) is 7.85. The number of rotatable bonds is 1. The Bertz CT molecular complexity index is 1190. The summed E-state index contributed by atoms with van der Waals surface area (Å²) in [5.74, 6) is -2.03. The number of amides is 3. The van der Waals surface area contributed by atoms with Crippen LogP contribution in [0, 0.1) is 25.7 Å². The van der Waals surface area contributed by atoms with E-state index in [9.17, 15) is 14.4 Å². The number of imide groups is 1. The van der Waals surface area contributed by atoms with Gasteiger partial charge in [0, 0.05) is 11.6 Å². The maximum absolute atomic E-state index is 13.9. The van der Waals surface area contributed by atoms with Crippen molar-refractivity contribution in [3.8, 4) is 0 Å². The molecular formula is C24H22ClN3O3. The lowest BCUT2D eigenvalue weighted by Crippen LogP contribution is -2.54. The first-order valence-corrected chi connectivity index (χ1v) is 11.1. The van der Waals surface area contributed by atoms with Crippen molar-refractivity contribution >= 4 is 40.7 Å². The number of fused-ring (bicyclic) bond motifs is 7. The number of halogens is 1. The minimum absolute atomic E-state index is 0.133. The first kappa shape index (κ1) is 19.0. The van der Waals surface area contributed by atoms with E-state index in [1.165, 1.54) is 4.90 Å². The zero-order chi connectivity index (χ0) is 21.7. The molecule has 1 N–H and O–H groups in total. The molecule has 2 aromatic rings. The molecule has 3 amide bonds. The van der Waals surface area contributed by atoms with Gasteiger partial charge in [-0.1, -0.05) is 35.9 Å². The highest BCUT2D eigenvalue weighted by molar-refractivity contribution is 6.35. The normalized spacial score (nSPS) is 31.4. The lowest BCUT2D eigenvalue weighted by Gasteiger charge is -2.37. The van der Waals surface area contributed by atoms with Gasteiger partial charge in [0.25, 0.3) is 5.91 Å². The number of aryl methyl sites for hydroxylation is 2. The summed E-state index contributed by atoms with van der Waals surface area (Å²) in [6, 6.07) is 11.0. The van der Waals surface area contributed by atoms with E-state index in [-0.39, 0.29) is 23.8 Å². The number of nitrogens with zero attached hydrogens (tertiary/aromatic N) is 2. The van der Waals surface area contributed by atoms with Crippen LogP contribution in [0.2, 0.25) is 5.02 Å². The van der Waals surface area contributed by atoms with Crippen molar-refractivity contribution in [2.45, 2.75) is 38.3 Å². The predicted molar refractivity (Wildman–Crippen MR) is 117 cm³/mol. The molecule has 1 spiro atoms. The molecule has 3 fully saturated rings. The number of para-hydroxylation sites is 1. The molecule has 4 unspecified atom stereocenters. The molecule has 6 nitrogen and oxygen atoms in total. The van der Waals surface area contributed by atoms with E-state index in [1.807, 2.05) is 44.2 Å². The van der Waals surface area contributed by atoms with Crippen molar-refractivity contribution in [1.29, 1.82) is 0 Å². The summed E-state index contributed by atoms with van der Waals surface area (Å²) in [4.78, 5) is 44.8. The molecule has 3 saturated heterocycles. The van der Waals surface area contributed by atoms with Crippen LogP contribution in [0.1, 0.15) is 29.5 Å². The molecule has 4 aliphatic heterocycles. The van der Waals surface area contributed by atoms with Crippen LogP contribution in [0.15, 0.2) is 36.4 Å². The molecule has 4 heterocycles. The Morgan fingerprint density at radius 1 is 1.10 bits per heavy atom. The zero-order valence-electron chi connectivity index (χ0n) is 17.3. The molecule has 31 heavy (non-hydrogen) atoms. The first-order valence-electron chi connectivity index (χ1n) is 10.7. The fourth-order valence-corrected chi connectivity index (χ4v) is 6.77. The van der Waals surface area contributed by atoms with Gasteiger partial charge in [-0.3, -0.25) is 19.3 Å². The van der Waals surface area contributed by atoms with Crippen LogP contribution >= 0.6 is 11.6 Å². The van der Waals surface area contributed by atoms with Gasteiger partial charge in [0.15, 0.2) is 0 Å². The molecule has 4 aliphatic rings. The lowest BCUT2D eigenvalue weighted by atomic mass is 9.75. The number of nitrogens with one attached hydrogen (secondary N) is 1. The molecule has 6 rings (SSSR count). The third kappa shape index (κ3) is 2.14. The van der Waals surface area contributed by atoms with Crippen LogP contribution < -0.4 is 10.2 Å². The maximum Gasteiger partial charge on any atom is 0.250 e. The standard InChI is InChI=1S/C24H22ClN3O3/c1-12-10-14-20(15(25)11-12)26-23(31)24(14)19-18(17-8-5-9-27(17)24)21(29)28(22(19)30)16-7-4-3-6-13(16)2/h3-4,6-7,10-11,17-19H,5,8-9H2,1-2H3,(H,26,31). The minimum atomic E-state index is -1.19. The second kappa shape index (κ2) is 6.17. The number of carbonyl (C=O) groups is 3. The Hall–Kier alpha value is -2.70. The summed E-state index contributed by atoms with van der Waals surface area (Å²) in [7, 11) is 0. The van der Waals surface area contributed by atoms with Crippen molar-refractivity contribution in [3.05, 3.63) is 58.1 Å². The number of carbonyl (C=O) groups excluding carboxylic acids is 3. The van der Waals surface area contributed by atoms with Crippen LogP contribution in [-0.2, 0) is 19.9 Å². The highest BCUT2D eigenvalue weighted by Gasteiger charge is 2.74. The summed E-state index contributed by atoms with van der Waals surface area (Å²) >= 11 is 6.50. The van der Waals surface area contributed by atoms with Gasteiger partial charge in [0.2, 0.25) is 11.8 Å². The Balaban J connectivity index is 1.60. The topological polar surface area (TPSA) is 69.7 Å². The largest absolute Gasteiger partial charge is 0.323 e. The number of benzene rings is 2. The highest BCUT2D eigenvalue weighted by atomic mass is 35.5. The van der Waals surface area contributed by atoms with Crippen LogP contribution in [0.25, 0.3) is 0 Å². The molecule has 2 aromatic carbocycles. The zero-order valence-corrected chi connectivity index (χ0v) is 18.1. The lowest BCUT2D eigenvalue weighted by molar-refractivity contribution is -0.135. The summed E-state index contributed by atoms with van der Waals surface area (Å²) in [5.41, 5.74) is 2.49. The molecule has 158 valence electrons. The quantitative estimate of drug-likeness (QED) is 0.697. The highest BCUT2D eigenvalue weighted by Crippen LogP contribution is 2.61. The molecule has 0 bridgehead atoms. The Morgan fingerprint density at radius 2 is 1.87 bits per heavy atom. The van der Waals surface area contributed by atoms with E-state index in [4.69, 9.17) is 11.6 Å². The summed E-state index contributed by atoms with van der Waals surface area (Å²) in [5, 5.41) is 3.42. The SMILES string of the molecule is Cc1cc(Cl)c2c(c1)C1(C(=O)N2)C2C(=O)N(c3ccccc3C)C(=O)C2C2CCCN21. The van der Waals surface area contributed by atoms with Gasteiger partial charge in [-0.2, -0.15) is 0 Å². The molecule has 4 atom stereocenters. The van der Waals surface area contributed by atoms with E-state index in [0.717, 1.165) is 29.5 Å². The van der Waals surface area contributed by atoms with E-state index in [1.54, 1.807) is 6.07 Å². The second-order valence-corrected chi connectivity index (χ2v) is 9.50. The van der Waals surface area contributed by atoms with Crippen LogP contribution in [0.3, 0.4) is 0 Å². The molecule has 0 saturated carbocycles. The number of hydrogen-bond donors (Lipinski definition) is 1. The van der Waals surface area contributed by atoms with E-state index < -0.39 is 17.4 Å². The van der Waals surface area contributed by atoms with Gasteiger partial charge in [-0.15, -0.1) is 0 Å². The van der Waals surface area contributed by atoms with E-state index in [0.29, 0.717) is 22.9 Å². The Labute approximate surface area is 185 Å². The maximum atomic E-state index is 13.9. The second-order valence-electron chi connectivity index (χ2n) is 9.09. The summed E-state index contributed by atoms with van der Waals surface area (Å²) in [6.07, 6.45) is 1.69. The van der Waals surface area contributed by atoms with Crippen LogP contribution in [0.5, 0.6) is 0 Å². The summed E-state index contributed by atoms with van der Waals surface area (Å²) in [6.45, 7) is 4.50. The number of hydrogen-bond acceptors (Lipinski definition) is 4. The van der Waals surface area contributed by atoms with Gasteiger partial charge >= 0.3 is 0 Å².